The number of thioether (sulfide) groups is 1. The minimum Gasteiger partial charge on any atom is -0.497 e. The van der Waals surface area contributed by atoms with Crippen LogP contribution < -0.4 is 14.8 Å². The van der Waals surface area contributed by atoms with E-state index in [2.05, 4.69) is 20.5 Å². The second-order valence-electron chi connectivity index (χ2n) is 8.02. The zero-order chi connectivity index (χ0) is 27.6. The van der Waals surface area contributed by atoms with E-state index in [0.29, 0.717) is 39.7 Å². The van der Waals surface area contributed by atoms with Gasteiger partial charge in [-0.1, -0.05) is 11.8 Å². The smallest absolute Gasteiger partial charge is 0.311 e. The van der Waals surface area contributed by atoms with E-state index >= 15 is 0 Å². The Labute approximate surface area is 234 Å². The lowest BCUT2D eigenvalue weighted by molar-refractivity contribution is -0.142. The summed E-state index contributed by atoms with van der Waals surface area (Å²) in [6, 6.07) is 15.1. The molecule has 0 aliphatic heterocycles. The van der Waals surface area contributed by atoms with Crippen molar-refractivity contribution in [2.45, 2.75) is 24.9 Å². The first-order chi connectivity index (χ1) is 19.0. The summed E-state index contributed by atoms with van der Waals surface area (Å²) in [6.07, 6.45) is 0.294. The number of hydrogen-bond acceptors (Lipinski definition) is 11. The SMILES string of the molecule is CCOC(=O)Cc1csc(NC(=O)CCSc2nnc(-c3ccc(OC)cc3)c(-c3ccc(OC)cc3)n2)n1. The topological polar surface area (TPSA) is 125 Å². The highest BCUT2D eigenvalue weighted by atomic mass is 32.2. The predicted molar refractivity (Wildman–Crippen MR) is 150 cm³/mol. The fraction of sp³-hybridized carbons (Fsp3) is 0.259. The Morgan fingerprint density at radius 3 is 2.15 bits per heavy atom. The first-order valence-corrected chi connectivity index (χ1v) is 13.9. The molecule has 10 nitrogen and oxygen atoms in total. The van der Waals surface area contributed by atoms with Crippen LogP contribution in [0, 0.1) is 0 Å². The van der Waals surface area contributed by atoms with Gasteiger partial charge in [-0.15, -0.1) is 21.5 Å². The van der Waals surface area contributed by atoms with Crippen LogP contribution in [0.15, 0.2) is 59.1 Å². The molecule has 12 heteroatoms. The molecule has 2 heterocycles. The summed E-state index contributed by atoms with van der Waals surface area (Å²) >= 11 is 2.60. The minimum absolute atomic E-state index is 0.0729. The molecule has 2 aromatic carbocycles. The number of thiazole rings is 1. The van der Waals surface area contributed by atoms with Gasteiger partial charge in [0.15, 0.2) is 5.13 Å². The van der Waals surface area contributed by atoms with Crippen LogP contribution in [0.2, 0.25) is 0 Å². The average molecular weight is 566 g/mol. The second kappa shape index (κ2) is 13.7. The zero-order valence-corrected chi connectivity index (χ0v) is 23.3. The van der Waals surface area contributed by atoms with Gasteiger partial charge in [0, 0.05) is 28.7 Å². The normalized spacial score (nSPS) is 10.6. The maximum atomic E-state index is 12.4. The summed E-state index contributed by atoms with van der Waals surface area (Å²) in [7, 11) is 3.23. The van der Waals surface area contributed by atoms with E-state index in [1.807, 2.05) is 48.5 Å². The molecule has 0 aliphatic carbocycles. The summed E-state index contributed by atoms with van der Waals surface area (Å²) in [6.45, 7) is 2.06. The van der Waals surface area contributed by atoms with Gasteiger partial charge in [-0.25, -0.2) is 9.97 Å². The highest BCUT2D eigenvalue weighted by Gasteiger charge is 2.16. The Morgan fingerprint density at radius 1 is 0.897 bits per heavy atom. The first kappa shape index (κ1) is 28.0. The van der Waals surface area contributed by atoms with Crippen molar-refractivity contribution in [3.8, 4) is 34.0 Å². The molecule has 2 aromatic heterocycles. The molecule has 0 unspecified atom stereocenters. The molecule has 0 saturated carbocycles. The number of nitrogens with one attached hydrogen (secondary N) is 1. The maximum Gasteiger partial charge on any atom is 0.311 e. The number of ether oxygens (including phenoxy) is 3. The number of rotatable bonds is 12. The summed E-state index contributed by atoms with van der Waals surface area (Å²) in [5.41, 5.74) is 3.57. The number of nitrogens with zero attached hydrogens (tertiary/aromatic N) is 4. The number of hydrogen-bond donors (Lipinski definition) is 1. The fourth-order valence-electron chi connectivity index (χ4n) is 3.49. The Morgan fingerprint density at radius 2 is 1.54 bits per heavy atom. The second-order valence-corrected chi connectivity index (χ2v) is 9.94. The van der Waals surface area contributed by atoms with Crippen molar-refractivity contribution < 1.29 is 23.8 Å². The maximum absolute atomic E-state index is 12.4. The molecule has 1 amide bonds. The molecule has 4 rings (SSSR count). The van der Waals surface area contributed by atoms with Crippen molar-refractivity contribution in [3.05, 3.63) is 59.6 Å². The van der Waals surface area contributed by atoms with Gasteiger partial charge < -0.3 is 19.5 Å². The van der Waals surface area contributed by atoms with E-state index in [1.165, 1.54) is 23.1 Å². The van der Waals surface area contributed by atoms with E-state index in [1.54, 1.807) is 26.5 Å². The van der Waals surface area contributed by atoms with Gasteiger partial charge in [0.1, 0.15) is 22.9 Å². The standard InChI is InChI=1S/C27H27N5O5S2/c1-4-37-23(34)15-19-16-39-26(28-19)29-22(33)13-14-38-27-30-24(17-5-9-20(35-2)10-6-17)25(31-32-27)18-7-11-21(36-3)12-8-18/h5-12,16H,4,13-15H2,1-3H3,(H,28,29,33). The van der Waals surface area contributed by atoms with E-state index in [-0.39, 0.29) is 24.7 Å². The molecular formula is C27H27N5O5S2. The number of anilines is 1. The van der Waals surface area contributed by atoms with Crippen LogP contribution in [0.1, 0.15) is 19.0 Å². The number of esters is 1. The van der Waals surface area contributed by atoms with Gasteiger partial charge in [0.2, 0.25) is 11.1 Å². The van der Waals surface area contributed by atoms with Gasteiger partial charge in [0.05, 0.1) is 32.9 Å². The lowest BCUT2D eigenvalue weighted by Gasteiger charge is -2.10. The Bertz CT molecular complexity index is 1410. The van der Waals surface area contributed by atoms with Crippen LogP contribution in [0.25, 0.3) is 22.5 Å². The van der Waals surface area contributed by atoms with E-state index in [9.17, 15) is 9.59 Å². The number of amides is 1. The minimum atomic E-state index is -0.349. The Kier molecular flexibility index (Phi) is 9.81. The largest absolute Gasteiger partial charge is 0.497 e. The highest BCUT2D eigenvalue weighted by molar-refractivity contribution is 7.99. The van der Waals surface area contributed by atoms with Crippen molar-refractivity contribution in [3.63, 3.8) is 0 Å². The monoisotopic (exact) mass is 565 g/mol. The van der Waals surface area contributed by atoms with E-state index < -0.39 is 0 Å². The number of methoxy groups -OCH3 is 2. The van der Waals surface area contributed by atoms with Crippen LogP contribution in [0.5, 0.6) is 11.5 Å². The molecule has 202 valence electrons. The summed E-state index contributed by atoms with van der Waals surface area (Å²) in [5, 5.41) is 14.2. The molecule has 4 aromatic rings. The van der Waals surface area contributed by atoms with Crippen LogP contribution in [-0.2, 0) is 20.7 Å². The number of aromatic nitrogens is 4. The summed E-state index contributed by atoms with van der Waals surface area (Å²) in [4.78, 5) is 33.1. The van der Waals surface area contributed by atoms with Crippen molar-refractivity contribution in [2.75, 3.05) is 31.9 Å². The Balaban J connectivity index is 1.42. The first-order valence-electron chi connectivity index (χ1n) is 12.0. The molecule has 0 radical (unpaired) electrons. The van der Waals surface area contributed by atoms with Crippen LogP contribution in [0.3, 0.4) is 0 Å². The van der Waals surface area contributed by atoms with Crippen LogP contribution >= 0.6 is 23.1 Å². The summed E-state index contributed by atoms with van der Waals surface area (Å²) < 4.78 is 15.5. The molecule has 1 N–H and O–H groups in total. The number of carbonyl (C=O) groups excluding carboxylic acids is 2. The average Bonchev–Trinajstić information content (AvgIpc) is 3.39. The molecule has 0 aliphatic rings. The third kappa shape index (κ3) is 7.74. The van der Waals surface area contributed by atoms with Gasteiger partial charge in [-0.05, 0) is 55.5 Å². The lowest BCUT2D eigenvalue weighted by Crippen LogP contribution is -2.12. The summed E-state index contributed by atoms with van der Waals surface area (Å²) in [5.74, 6) is 1.37. The predicted octanol–water partition coefficient (Wildman–Crippen LogP) is 4.91. The van der Waals surface area contributed by atoms with Gasteiger partial charge in [-0.3, -0.25) is 9.59 Å². The van der Waals surface area contributed by atoms with Gasteiger partial charge in [-0.2, -0.15) is 0 Å². The quantitative estimate of drug-likeness (QED) is 0.187. The molecule has 0 bridgehead atoms. The van der Waals surface area contributed by atoms with Crippen molar-refractivity contribution in [1.29, 1.82) is 0 Å². The molecule has 0 atom stereocenters. The zero-order valence-electron chi connectivity index (χ0n) is 21.7. The molecule has 0 fully saturated rings. The van der Waals surface area contributed by atoms with Crippen LogP contribution in [-0.4, -0.2) is 58.6 Å². The third-order valence-electron chi connectivity index (χ3n) is 5.38. The molecular weight excluding hydrogens is 538 g/mol. The highest BCUT2D eigenvalue weighted by Crippen LogP contribution is 2.32. The van der Waals surface area contributed by atoms with Gasteiger partial charge in [0.25, 0.3) is 0 Å². The van der Waals surface area contributed by atoms with Gasteiger partial charge >= 0.3 is 5.97 Å². The lowest BCUT2D eigenvalue weighted by atomic mass is 10.0. The van der Waals surface area contributed by atoms with E-state index in [4.69, 9.17) is 19.2 Å². The number of benzene rings is 2. The Hall–Kier alpha value is -4.03. The fourth-order valence-corrected chi connectivity index (χ4v) is 4.94. The van der Waals surface area contributed by atoms with Crippen LogP contribution in [0.4, 0.5) is 5.13 Å². The third-order valence-corrected chi connectivity index (χ3v) is 7.03. The van der Waals surface area contributed by atoms with Crippen molar-refractivity contribution in [1.82, 2.24) is 20.2 Å². The van der Waals surface area contributed by atoms with E-state index in [0.717, 1.165) is 22.6 Å². The molecule has 0 spiro atoms. The van der Waals surface area contributed by atoms with Crippen molar-refractivity contribution in [2.24, 2.45) is 0 Å². The molecule has 39 heavy (non-hydrogen) atoms. The molecule has 0 saturated heterocycles. The number of carbonyl (C=O) groups is 2. The van der Waals surface area contributed by atoms with Crippen molar-refractivity contribution >= 4 is 40.1 Å².